The lowest BCUT2D eigenvalue weighted by Crippen LogP contribution is -2.16. The van der Waals surface area contributed by atoms with Crippen molar-refractivity contribution in [3.63, 3.8) is 0 Å². The zero-order valence-electron chi connectivity index (χ0n) is 12.2. The van der Waals surface area contributed by atoms with E-state index in [0.717, 1.165) is 21.2 Å². The smallest absolute Gasteiger partial charge is 0.284 e. The van der Waals surface area contributed by atoms with Gasteiger partial charge in [0.15, 0.2) is 0 Å². The highest BCUT2D eigenvalue weighted by Gasteiger charge is 2.09. The second-order valence-electron chi connectivity index (χ2n) is 5.20. The summed E-state index contributed by atoms with van der Waals surface area (Å²) < 4.78 is 1.00. The first-order valence-electron chi connectivity index (χ1n) is 7.11. The SMILES string of the molecule is O=C(NO)c1cc2ccc(CNCc3cccc(O)c3)cc2s1. The quantitative estimate of drug-likeness (QED) is 0.429. The Hall–Kier alpha value is -2.41. The summed E-state index contributed by atoms with van der Waals surface area (Å²) in [6, 6.07) is 14.9. The van der Waals surface area contributed by atoms with E-state index < -0.39 is 5.91 Å². The van der Waals surface area contributed by atoms with E-state index in [0.29, 0.717) is 18.0 Å². The van der Waals surface area contributed by atoms with E-state index in [9.17, 15) is 9.90 Å². The summed E-state index contributed by atoms with van der Waals surface area (Å²) in [5.74, 6) is -0.228. The van der Waals surface area contributed by atoms with Gasteiger partial charge in [0.25, 0.3) is 5.91 Å². The third-order valence-electron chi connectivity index (χ3n) is 3.48. The summed E-state index contributed by atoms with van der Waals surface area (Å²) in [6.07, 6.45) is 0. The molecule has 1 aromatic heterocycles. The van der Waals surface area contributed by atoms with Crippen LogP contribution in [0.4, 0.5) is 0 Å². The molecular weight excluding hydrogens is 312 g/mol. The lowest BCUT2D eigenvalue weighted by molar-refractivity contribution is 0.0711. The molecular formula is C17H16N2O3S. The summed E-state index contributed by atoms with van der Waals surface area (Å²) in [5, 5.41) is 22.4. The molecule has 0 saturated carbocycles. The maximum atomic E-state index is 11.4. The van der Waals surface area contributed by atoms with Crippen molar-refractivity contribution < 1.29 is 15.1 Å². The molecule has 4 N–H and O–H groups in total. The monoisotopic (exact) mass is 328 g/mol. The minimum atomic E-state index is -0.491. The molecule has 3 aromatic rings. The van der Waals surface area contributed by atoms with Gasteiger partial charge in [-0.3, -0.25) is 10.0 Å². The second-order valence-corrected chi connectivity index (χ2v) is 6.28. The zero-order valence-corrected chi connectivity index (χ0v) is 13.1. The Morgan fingerprint density at radius 3 is 2.57 bits per heavy atom. The van der Waals surface area contributed by atoms with Crippen molar-refractivity contribution >= 4 is 27.3 Å². The Labute approximate surface area is 137 Å². The molecule has 0 fully saturated rings. The summed E-state index contributed by atoms with van der Waals surface area (Å²) in [4.78, 5) is 11.9. The van der Waals surface area contributed by atoms with E-state index in [1.165, 1.54) is 11.3 Å². The van der Waals surface area contributed by atoms with Crippen LogP contribution in [0.1, 0.15) is 20.8 Å². The van der Waals surface area contributed by atoms with Crippen LogP contribution in [0, 0.1) is 0 Å². The minimum absolute atomic E-state index is 0.263. The van der Waals surface area contributed by atoms with Crippen molar-refractivity contribution in [1.82, 2.24) is 10.8 Å². The molecule has 0 aliphatic rings. The predicted molar refractivity (Wildman–Crippen MR) is 89.7 cm³/mol. The van der Waals surface area contributed by atoms with Crippen LogP contribution in [0.25, 0.3) is 10.1 Å². The van der Waals surface area contributed by atoms with Gasteiger partial charge >= 0.3 is 0 Å². The highest BCUT2D eigenvalue weighted by molar-refractivity contribution is 7.20. The van der Waals surface area contributed by atoms with Gasteiger partial charge in [-0.1, -0.05) is 24.3 Å². The van der Waals surface area contributed by atoms with Gasteiger partial charge in [0, 0.05) is 17.8 Å². The summed E-state index contributed by atoms with van der Waals surface area (Å²) in [7, 11) is 0. The van der Waals surface area contributed by atoms with E-state index in [1.807, 2.05) is 30.3 Å². The number of phenolic OH excluding ortho intramolecular Hbond substituents is 1. The molecule has 23 heavy (non-hydrogen) atoms. The number of benzene rings is 2. The molecule has 0 atom stereocenters. The van der Waals surface area contributed by atoms with Crippen LogP contribution in [0.3, 0.4) is 0 Å². The Bertz CT molecular complexity index is 845. The Kier molecular flexibility index (Phi) is 4.57. The molecule has 0 aliphatic heterocycles. The number of fused-ring (bicyclic) bond motifs is 1. The summed E-state index contributed by atoms with van der Waals surface area (Å²) >= 11 is 1.34. The van der Waals surface area contributed by atoms with Gasteiger partial charge in [0.05, 0.1) is 4.88 Å². The number of hydrogen-bond acceptors (Lipinski definition) is 5. The van der Waals surface area contributed by atoms with Gasteiger partial charge < -0.3 is 10.4 Å². The molecule has 2 aromatic carbocycles. The van der Waals surface area contributed by atoms with Gasteiger partial charge in [-0.25, -0.2) is 5.48 Å². The van der Waals surface area contributed by atoms with Gasteiger partial charge in [-0.05, 0) is 40.8 Å². The van der Waals surface area contributed by atoms with Crippen molar-refractivity contribution in [3.8, 4) is 5.75 Å². The van der Waals surface area contributed by atoms with Crippen molar-refractivity contribution in [2.75, 3.05) is 0 Å². The van der Waals surface area contributed by atoms with Gasteiger partial charge in [0.1, 0.15) is 5.75 Å². The molecule has 5 nitrogen and oxygen atoms in total. The van der Waals surface area contributed by atoms with Crippen molar-refractivity contribution in [3.05, 3.63) is 64.5 Å². The summed E-state index contributed by atoms with van der Waals surface area (Å²) in [5.41, 5.74) is 3.78. The van der Waals surface area contributed by atoms with Crippen molar-refractivity contribution in [1.29, 1.82) is 0 Å². The van der Waals surface area contributed by atoms with E-state index >= 15 is 0 Å². The van der Waals surface area contributed by atoms with Crippen LogP contribution in [0.2, 0.25) is 0 Å². The third kappa shape index (κ3) is 3.68. The number of hydroxylamine groups is 1. The fraction of sp³-hybridized carbons (Fsp3) is 0.118. The van der Waals surface area contributed by atoms with Gasteiger partial charge in [-0.15, -0.1) is 11.3 Å². The van der Waals surface area contributed by atoms with E-state index in [2.05, 4.69) is 5.32 Å². The predicted octanol–water partition coefficient (Wildman–Crippen LogP) is 3.02. The maximum absolute atomic E-state index is 11.4. The number of amides is 1. The van der Waals surface area contributed by atoms with Gasteiger partial charge in [-0.2, -0.15) is 0 Å². The van der Waals surface area contributed by atoms with Crippen LogP contribution in [-0.2, 0) is 13.1 Å². The van der Waals surface area contributed by atoms with E-state index in [-0.39, 0.29) is 5.75 Å². The van der Waals surface area contributed by atoms with Crippen molar-refractivity contribution in [2.24, 2.45) is 0 Å². The first kappa shape index (κ1) is 15.5. The van der Waals surface area contributed by atoms with E-state index in [4.69, 9.17) is 5.21 Å². The number of hydrogen-bond donors (Lipinski definition) is 4. The molecule has 6 heteroatoms. The number of carbonyl (C=O) groups is 1. The standard InChI is InChI=1S/C17H16N2O3S/c20-14-3-1-2-11(6-14)9-18-10-12-4-5-13-8-16(17(21)19-22)23-15(13)7-12/h1-8,18,20,22H,9-10H2,(H,19,21). The lowest BCUT2D eigenvalue weighted by atomic mass is 10.1. The molecule has 0 saturated heterocycles. The third-order valence-corrected chi connectivity index (χ3v) is 4.58. The minimum Gasteiger partial charge on any atom is -0.508 e. The fourth-order valence-electron chi connectivity index (χ4n) is 2.37. The van der Waals surface area contributed by atoms with Crippen LogP contribution in [0.15, 0.2) is 48.5 Å². The first-order valence-corrected chi connectivity index (χ1v) is 7.93. The summed E-state index contributed by atoms with van der Waals surface area (Å²) in [6.45, 7) is 1.35. The average Bonchev–Trinajstić information content (AvgIpc) is 2.97. The number of phenols is 1. The molecule has 0 spiro atoms. The lowest BCUT2D eigenvalue weighted by Gasteiger charge is -2.06. The maximum Gasteiger partial charge on any atom is 0.284 e. The molecule has 0 bridgehead atoms. The number of carbonyl (C=O) groups excluding carboxylic acids is 1. The molecule has 1 amide bonds. The molecule has 0 radical (unpaired) electrons. The number of thiophene rings is 1. The first-order chi connectivity index (χ1) is 11.2. The highest BCUT2D eigenvalue weighted by Crippen LogP contribution is 2.26. The normalized spacial score (nSPS) is 10.8. The molecule has 0 aliphatic carbocycles. The molecule has 0 unspecified atom stereocenters. The van der Waals surface area contributed by atoms with Crippen molar-refractivity contribution in [2.45, 2.75) is 13.1 Å². The second kappa shape index (κ2) is 6.78. The largest absolute Gasteiger partial charge is 0.508 e. The molecule has 3 rings (SSSR count). The Morgan fingerprint density at radius 2 is 1.83 bits per heavy atom. The highest BCUT2D eigenvalue weighted by atomic mass is 32.1. The number of aromatic hydroxyl groups is 1. The fourth-order valence-corrected chi connectivity index (χ4v) is 3.39. The van der Waals surface area contributed by atoms with Gasteiger partial charge in [0.2, 0.25) is 0 Å². The van der Waals surface area contributed by atoms with Crippen LogP contribution in [-0.4, -0.2) is 16.2 Å². The van der Waals surface area contributed by atoms with Crippen LogP contribution >= 0.6 is 11.3 Å². The van der Waals surface area contributed by atoms with Crippen LogP contribution in [0.5, 0.6) is 5.75 Å². The molecule has 1 heterocycles. The topological polar surface area (TPSA) is 81.6 Å². The Morgan fingerprint density at radius 1 is 1.04 bits per heavy atom. The van der Waals surface area contributed by atoms with E-state index in [1.54, 1.807) is 23.7 Å². The average molecular weight is 328 g/mol. The molecule has 118 valence electrons. The van der Waals surface area contributed by atoms with Crippen LogP contribution < -0.4 is 10.8 Å². The Balaban J connectivity index is 1.67. The number of rotatable bonds is 5. The zero-order chi connectivity index (χ0) is 16.2. The number of nitrogens with one attached hydrogen (secondary N) is 2.